The molecule has 4 atom stereocenters. The largest absolute Gasteiger partial charge is 0.508 e. The zero-order chi connectivity index (χ0) is 18.9. The number of benzene rings is 2. The van der Waals surface area contributed by atoms with Crippen LogP contribution < -0.4 is 5.32 Å². The number of aromatic hydroxyl groups is 1. The van der Waals surface area contributed by atoms with Crippen LogP contribution in [0.25, 0.3) is 11.1 Å². The number of hydrogen-bond donors (Lipinski definition) is 4. The predicted octanol–water partition coefficient (Wildman–Crippen LogP) is 3.62. The van der Waals surface area contributed by atoms with Crippen LogP contribution in [0.15, 0.2) is 48.5 Å². The number of phenolic OH excluding ortho intramolecular Hbond substituents is 1. The van der Waals surface area contributed by atoms with Crippen LogP contribution in [0.3, 0.4) is 0 Å². The lowest BCUT2D eigenvalue weighted by molar-refractivity contribution is 0.0958. The monoisotopic (exact) mass is 355 g/mol. The van der Waals surface area contributed by atoms with Gasteiger partial charge in [0.25, 0.3) is 0 Å². The highest BCUT2D eigenvalue weighted by Gasteiger charge is 2.38. The Labute approximate surface area is 155 Å². The Hall–Kier alpha value is -1.88. The van der Waals surface area contributed by atoms with Crippen LogP contribution >= 0.6 is 0 Å². The van der Waals surface area contributed by atoms with Crippen molar-refractivity contribution in [3.63, 3.8) is 0 Å². The van der Waals surface area contributed by atoms with Crippen LogP contribution in [0.5, 0.6) is 5.75 Å². The van der Waals surface area contributed by atoms with Crippen molar-refractivity contribution in [2.24, 2.45) is 5.92 Å². The van der Waals surface area contributed by atoms with E-state index in [9.17, 15) is 15.3 Å². The van der Waals surface area contributed by atoms with E-state index < -0.39 is 12.2 Å². The van der Waals surface area contributed by atoms with E-state index >= 15 is 0 Å². The highest BCUT2D eigenvalue weighted by molar-refractivity contribution is 5.64. The first-order chi connectivity index (χ1) is 12.2. The summed E-state index contributed by atoms with van der Waals surface area (Å²) in [6, 6.07) is 15.0. The van der Waals surface area contributed by atoms with Gasteiger partial charge < -0.3 is 20.6 Å². The zero-order valence-corrected chi connectivity index (χ0v) is 15.7. The van der Waals surface area contributed by atoms with E-state index in [1.807, 2.05) is 36.4 Å². The first-order valence-electron chi connectivity index (χ1n) is 9.26. The molecular weight excluding hydrogens is 326 g/mol. The third-order valence-electron chi connectivity index (χ3n) is 5.08. The molecule has 4 heteroatoms. The van der Waals surface area contributed by atoms with Crippen LogP contribution in [0.1, 0.15) is 45.3 Å². The third kappa shape index (κ3) is 4.44. The molecule has 4 unspecified atom stereocenters. The molecule has 0 radical (unpaired) electrons. The average molecular weight is 355 g/mol. The first-order valence-corrected chi connectivity index (χ1v) is 9.26. The molecular formula is C22H29NO3. The maximum atomic E-state index is 10.8. The standard InChI is InChI=1S/C22H29NO3/c1-22(2,3)23-19-12-17(13-20(19)25)21(26)16-6-4-14(5-7-16)15-8-10-18(24)11-9-15/h4-11,17,19-21,23-26H,12-13H2,1-3H3. The highest BCUT2D eigenvalue weighted by Crippen LogP contribution is 2.37. The molecule has 0 bridgehead atoms. The van der Waals surface area contributed by atoms with Crippen LogP contribution in [-0.2, 0) is 0 Å². The molecule has 1 fully saturated rings. The van der Waals surface area contributed by atoms with Gasteiger partial charge in [-0.15, -0.1) is 0 Å². The van der Waals surface area contributed by atoms with Gasteiger partial charge in [0.1, 0.15) is 5.75 Å². The summed E-state index contributed by atoms with van der Waals surface area (Å²) in [7, 11) is 0. The summed E-state index contributed by atoms with van der Waals surface area (Å²) < 4.78 is 0. The predicted molar refractivity (Wildman–Crippen MR) is 104 cm³/mol. The molecule has 4 N–H and O–H groups in total. The molecule has 0 saturated heterocycles. The summed E-state index contributed by atoms with van der Waals surface area (Å²) in [5, 5.41) is 34.0. The fourth-order valence-electron chi connectivity index (χ4n) is 3.82. The zero-order valence-electron chi connectivity index (χ0n) is 15.7. The van der Waals surface area contributed by atoms with Gasteiger partial charge in [0.15, 0.2) is 0 Å². The van der Waals surface area contributed by atoms with E-state index in [-0.39, 0.29) is 23.2 Å². The van der Waals surface area contributed by atoms with Crippen LogP contribution in [0.2, 0.25) is 0 Å². The van der Waals surface area contributed by atoms with Crippen molar-refractivity contribution in [2.45, 2.75) is 57.4 Å². The van der Waals surface area contributed by atoms with Gasteiger partial charge in [0, 0.05) is 11.6 Å². The minimum atomic E-state index is -0.578. The normalized spacial score (nSPS) is 24.6. The summed E-state index contributed by atoms with van der Waals surface area (Å²) in [6.07, 6.45) is 0.365. The van der Waals surface area contributed by atoms with Gasteiger partial charge >= 0.3 is 0 Å². The molecule has 2 aromatic carbocycles. The highest BCUT2D eigenvalue weighted by atomic mass is 16.3. The number of nitrogens with one attached hydrogen (secondary N) is 1. The molecule has 0 amide bonds. The Balaban J connectivity index is 1.68. The average Bonchev–Trinajstić information content (AvgIpc) is 2.94. The van der Waals surface area contributed by atoms with Crippen molar-refractivity contribution in [2.75, 3.05) is 0 Å². The van der Waals surface area contributed by atoms with Crippen molar-refractivity contribution < 1.29 is 15.3 Å². The molecule has 4 nitrogen and oxygen atoms in total. The molecule has 0 spiro atoms. The van der Waals surface area contributed by atoms with E-state index in [4.69, 9.17) is 0 Å². The molecule has 3 rings (SSSR count). The van der Waals surface area contributed by atoms with E-state index in [0.29, 0.717) is 6.42 Å². The molecule has 1 aliphatic rings. The van der Waals surface area contributed by atoms with Crippen LogP contribution in [0, 0.1) is 5.92 Å². The summed E-state index contributed by atoms with van der Waals surface area (Å²) in [5.74, 6) is 0.295. The molecule has 1 saturated carbocycles. The van der Waals surface area contributed by atoms with E-state index in [2.05, 4.69) is 26.1 Å². The first kappa shape index (κ1) is 18.9. The van der Waals surface area contributed by atoms with Crippen molar-refractivity contribution >= 4 is 0 Å². The summed E-state index contributed by atoms with van der Waals surface area (Å²) in [6.45, 7) is 6.27. The summed E-state index contributed by atoms with van der Waals surface area (Å²) in [5.41, 5.74) is 2.88. The lowest BCUT2D eigenvalue weighted by Gasteiger charge is -2.28. The number of aliphatic hydroxyl groups excluding tert-OH is 2. The Bertz CT molecular complexity index is 719. The second-order valence-electron chi connectivity index (χ2n) is 8.41. The van der Waals surface area contributed by atoms with Gasteiger partial charge in [-0.1, -0.05) is 36.4 Å². The van der Waals surface area contributed by atoms with Gasteiger partial charge in [-0.2, -0.15) is 0 Å². The molecule has 1 aliphatic carbocycles. The number of phenols is 1. The van der Waals surface area contributed by atoms with Gasteiger partial charge in [-0.25, -0.2) is 0 Å². The Morgan fingerprint density at radius 3 is 2.00 bits per heavy atom. The second-order valence-corrected chi connectivity index (χ2v) is 8.41. The Morgan fingerprint density at radius 2 is 1.46 bits per heavy atom. The van der Waals surface area contributed by atoms with Gasteiger partial charge in [0.2, 0.25) is 0 Å². The molecule has 140 valence electrons. The van der Waals surface area contributed by atoms with E-state index in [0.717, 1.165) is 23.1 Å². The molecule has 0 aromatic heterocycles. The maximum absolute atomic E-state index is 10.8. The second kappa shape index (κ2) is 7.39. The molecule has 26 heavy (non-hydrogen) atoms. The van der Waals surface area contributed by atoms with Crippen LogP contribution in [0.4, 0.5) is 0 Å². The minimum absolute atomic E-state index is 0.0194. The summed E-state index contributed by atoms with van der Waals surface area (Å²) in [4.78, 5) is 0. The number of rotatable bonds is 4. The summed E-state index contributed by atoms with van der Waals surface area (Å²) >= 11 is 0. The van der Waals surface area contributed by atoms with E-state index in [1.54, 1.807) is 12.1 Å². The van der Waals surface area contributed by atoms with Gasteiger partial charge in [-0.3, -0.25) is 0 Å². The minimum Gasteiger partial charge on any atom is -0.508 e. The molecule has 0 heterocycles. The lowest BCUT2D eigenvalue weighted by atomic mass is 9.92. The fraction of sp³-hybridized carbons (Fsp3) is 0.455. The molecule has 0 aliphatic heterocycles. The quantitative estimate of drug-likeness (QED) is 0.676. The number of hydrogen-bond acceptors (Lipinski definition) is 4. The Kier molecular flexibility index (Phi) is 5.37. The van der Waals surface area contributed by atoms with Crippen molar-refractivity contribution in [1.29, 1.82) is 0 Å². The maximum Gasteiger partial charge on any atom is 0.115 e. The topological polar surface area (TPSA) is 72.7 Å². The molecule has 2 aromatic rings. The van der Waals surface area contributed by atoms with Crippen molar-refractivity contribution in [3.05, 3.63) is 54.1 Å². The lowest BCUT2D eigenvalue weighted by Crippen LogP contribution is -2.47. The van der Waals surface area contributed by atoms with Crippen molar-refractivity contribution in [3.8, 4) is 16.9 Å². The van der Waals surface area contributed by atoms with Crippen molar-refractivity contribution in [1.82, 2.24) is 5.32 Å². The fourth-order valence-corrected chi connectivity index (χ4v) is 3.82. The van der Waals surface area contributed by atoms with Crippen LogP contribution in [-0.4, -0.2) is 33.0 Å². The number of aliphatic hydroxyl groups is 2. The third-order valence-corrected chi connectivity index (χ3v) is 5.08. The van der Waals surface area contributed by atoms with Gasteiger partial charge in [-0.05, 0) is 68.4 Å². The van der Waals surface area contributed by atoms with Gasteiger partial charge in [0.05, 0.1) is 12.2 Å². The van der Waals surface area contributed by atoms with E-state index in [1.165, 1.54) is 0 Å². The SMILES string of the molecule is CC(C)(C)NC1CC(C(O)c2ccc(-c3ccc(O)cc3)cc2)CC1O. The Morgan fingerprint density at radius 1 is 0.923 bits per heavy atom. The smallest absolute Gasteiger partial charge is 0.115 e.